The molecule has 6 rings (SSSR count). The third kappa shape index (κ3) is 17.2. The van der Waals surface area contributed by atoms with Crippen molar-refractivity contribution in [2.45, 2.75) is 124 Å². The van der Waals surface area contributed by atoms with Gasteiger partial charge in [0.1, 0.15) is 23.1 Å². The Labute approximate surface area is 406 Å². The van der Waals surface area contributed by atoms with Crippen LogP contribution < -0.4 is 18.9 Å². The largest absolute Gasteiger partial charge is 0.491 e. The maximum atomic E-state index is 14.5. The molecular weight excluding hydrogens is 881 g/mol. The molecule has 0 unspecified atom stereocenters. The summed E-state index contributed by atoms with van der Waals surface area (Å²) in [4.78, 5) is 24.9. The van der Waals surface area contributed by atoms with Gasteiger partial charge in [-0.15, -0.1) is 0 Å². The molecule has 0 fully saturated rings. The van der Waals surface area contributed by atoms with Crippen LogP contribution in [0.4, 0.5) is 17.6 Å². The van der Waals surface area contributed by atoms with Gasteiger partial charge in [-0.1, -0.05) is 147 Å². The third-order valence-electron chi connectivity index (χ3n) is 11.7. The Kier molecular flexibility index (Phi) is 22.3. The van der Waals surface area contributed by atoms with E-state index < -0.39 is 29.4 Å². The fourth-order valence-corrected chi connectivity index (χ4v) is 7.60. The number of unbranched alkanes of at least 4 members (excludes halogenated alkanes) is 10. The summed E-state index contributed by atoms with van der Waals surface area (Å²) >= 11 is 0. The molecule has 0 aromatic heterocycles. The maximum Gasteiger partial charge on any atom is 0.343 e. The zero-order valence-electron chi connectivity index (χ0n) is 40.5. The third-order valence-corrected chi connectivity index (χ3v) is 11.7. The van der Waals surface area contributed by atoms with Crippen LogP contribution in [0.25, 0.3) is 22.3 Å². The highest BCUT2D eigenvalue weighted by Gasteiger charge is 2.15. The van der Waals surface area contributed by atoms with Gasteiger partial charge in [0, 0.05) is 12.1 Å². The van der Waals surface area contributed by atoms with E-state index in [0.717, 1.165) is 43.2 Å². The Balaban J connectivity index is 0.000000258. The molecule has 0 heterocycles. The summed E-state index contributed by atoms with van der Waals surface area (Å²) in [5.41, 5.74) is 4.70. The van der Waals surface area contributed by atoms with Gasteiger partial charge >= 0.3 is 11.9 Å². The summed E-state index contributed by atoms with van der Waals surface area (Å²) in [5.74, 6) is -1.95. The first-order valence-corrected chi connectivity index (χ1v) is 24.6. The fourth-order valence-electron chi connectivity index (χ4n) is 7.60. The van der Waals surface area contributed by atoms with Gasteiger partial charge in [-0.05, 0) is 120 Å². The van der Waals surface area contributed by atoms with Crippen molar-refractivity contribution >= 4 is 11.9 Å². The van der Waals surface area contributed by atoms with E-state index in [-0.39, 0.29) is 28.8 Å². The maximum absolute atomic E-state index is 14.5. The summed E-state index contributed by atoms with van der Waals surface area (Å²) in [7, 11) is 0. The van der Waals surface area contributed by atoms with E-state index in [1.54, 1.807) is 97.1 Å². The van der Waals surface area contributed by atoms with E-state index in [1.807, 2.05) is 13.8 Å². The number of rotatable bonds is 25. The van der Waals surface area contributed by atoms with Gasteiger partial charge in [-0.25, -0.2) is 27.2 Å². The molecule has 6 aromatic carbocycles. The minimum absolute atomic E-state index is 0.155. The van der Waals surface area contributed by atoms with E-state index in [2.05, 4.69) is 13.8 Å². The average Bonchev–Trinajstić information content (AvgIpc) is 3.35. The molecule has 69 heavy (non-hydrogen) atoms. The lowest BCUT2D eigenvalue weighted by Gasteiger charge is -2.10. The normalized spacial score (nSPS) is 10.8. The molecule has 0 bridgehead atoms. The SMILES string of the molecule is CCCCCCCCOc1ccc(-c2ccc(C(=O)Oc3ccc(CC)c(F)c3)cc2)cc1F.CCCCCCCCOc1ccc(-c2ccc(C(=O)Oc3ccc(CCC)c(F)c3)cc2)cc1F. The smallest absolute Gasteiger partial charge is 0.343 e. The number of hydrogen-bond donors (Lipinski definition) is 0. The number of halogens is 4. The number of aryl methyl sites for hydroxylation is 2. The first kappa shape index (κ1) is 53.5. The van der Waals surface area contributed by atoms with Crippen LogP contribution in [0.3, 0.4) is 0 Å². The highest BCUT2D eigenvalue weighted by atomic mass is 19.1. The van der Waals surface area contributed by atoms with Crippen LogP contribution in [-0.4, -0.2) is 25.2 Å². The molecule has 0 radical (unpaired) electrons. The highest BCUT2D eigenvalue weighted by molar-refractivity contribution is 5.92. The van der Waals surface area contributed by atoms with E-state index in [1.165, 1.54) is 75.6 Å². The van der Waals surface area contributed by atoms with Crippen molar-refractivity contribution in [3.05, 3.63) is 167 Å². The van der Waals surface area contributed by atoms with Gasteiger partial charge in [-0.2, -0.15) is 0 Å². The van der Waals surface area contributed by atoms with Crippen LogP contribution in [0.5, 0.6) is 23.0 Å². The van der Waals surface area contributed by atoms with Gasteiger partial charge in [0.2, 0.25) is 0 Å². The minimum Gasteiger partial charge on any atom is -0.491 e. The molecule has 6 aromatic rings. The predicted molar refractivity (Wildman–Crippen MR) is 268 cm³/mol. The standard InChI is InChI=1S/C30H34F2O3.C29H32F2O3/c1-3-5-6-7-8-9-19-34-29-18-16-25(20-28(29)32)22-11-13-24(14-12-22)30(33)35-26-17-15-23(10-4-2)27(31)21-26;1-3-5-6-7-8-9-18-33-28-17-15-24(19-27(28)31)22-10-12-23(13-11-22)29(32)34-25-16-14-21(4-2)26(30)20-25/h11-18,20-21H,3-10,19H2,1-2H3;10-17,19-20H,3-9,18H2,1-2H3. The molecule has 6 nitrogen and oxygen atoms in total. The highest BCUT2D eigenvalue weighted by Crippen LogP contribution is 2.29. The van der Waals surface area contributed by atoms with E-state index in [9.17, 15) is 27.2 Å². The van der Waals surface area contributed by atoms with Crippen molar-refractivity contribution in [2.75, 3.05) is 13.2 Å². The molecule has 0 atom stereocenters. The minimum atomic E-state index is -0.583. The summed E-state index contributed by atoms with van der Waals surface area (Å²) in [6, 6.07) is 31.9. The van der Waals surface area contributed by atoms with Crippen molar-refractivity contribution in [3.8, 4) is 45.3 Å². The van der Waals surface area contributed by atoms with Crippen LogP contribution in [0.15, 0.2) is 121 Å². The van der Waals surface area contributed by atoms with Crippen LogP contribution in [-0.2, 0) is 12.8 Å². The molecule has 0 amide bonds. The number of hydrogen-bond acceptors (Lipinski definition) is 6. The monoisotopic (exact) mass is 946 g/mol. The Morgan fingerprint density at radius 2 is 0.783 bits per heavy atom. The molecular formula is C59H66F4O6. The molecule has 0 saturated carbocycles. The topological polar surface area (TPSA) is 71.1 Å². The molecule has 0 N–H and O–H groups in total. The Bertz CT molecular complexity index is 2520. The molecule has 0 spiro atoms. The number of ether oxygens (including phenoxy) is 4. The Morgan fingerprint density at radius 1 is 0.391 bits per heavy atom. The van der Waals surface area contributed by atoms with Crippen molar-refractivity contribution in [1.82, 2.24) is 0 Å². The second-order valence-electron chi connectivity index (χ2n) is 17.1. The van der Waals surface area contributed by atoms with Gasteiger partial charge in [-0.3, -0.25) is 0 Å². The molecule has 0 aliphatic heterocycles. The summed E-state index contributed by atoms with van der Waals surface area (Å²) in [6.07, 6.45) is 15.8. The lowest BCUT2D eigenvalue weighted by molar-refractivity contribution is 0.0724. The Morgan fingerprint density at radius 3 is 1.16 bits per heavy atom. The summed E-state index contributed by atoms with van der Waals surface area (Å²) in [5, 5.41) is 0. The van der Waals surface area contributed by atoms with E-state index >= 15 is 0 Å². The van der Waals surface area contributed by atoms with E-state index in [4.69, 9.17) is 18.9 Å². The fraction of sp³-hybridized carbons (Fsp3) is 0.356. The van der Waals surface area contributed by atoms with Crippen LogP contribution in [0.2, 0.25) is 0 Å². The number of benzene rings is 6. The van der Waals surface area contributed by atoms with Gasteiger partial charge < -0.3 is 18.9 Å². The first-order chi connectivity index (χ1) is 33.5. The molecule has 0 aliphatic carbocycles. The lowest BCUT2D eigenvalue weighted by Crippen LogP contribution is -2.08. The zero-order chi connectivity index (χ0) is 49.4. The van der Waals surface area contributed by atoms with Gasteiger partial charge in [0.25, 0.3) is 0 Å². The molecule has 366 valence electrons. The average molecular weight is 947 g/mol. The lowest BCUT2D eigenvalue weighted by atomic mass is 10.0. The van der Waals surface area contributed by atoms with Gasteiger partial charge in [0.15, 0.2) is 23.1 Å². The summed E-state index contributed by atoms with van der Waals surface area (Å²) in [6.45, 7) is 9.22. The number of carbonyl (C=O) groups excluding carboxylic acids is 2. The number of carbonyl (C=O) groups is 2. The van der Waals surface area contributed by atoms with Crippen LogP contribution in [0.1, 0.15) is 143 Å². The Hall–Kier alpha value is -6.42. The first-order valence-electron chi connectivity index (χ1n) is 24.6. The molecule has 0 aliphatic rings. The van der Waals surface area contributed by atoms with Crippen molar-refractivity contribution in [2.24, 2.45) is 0 Å². The second kappa shape index (κ2) is 28.8. The summed E-state index contributed by atoms with van der Waals surface area (Å²) < 4.78 is 78.9. The van der Waals surface area contributed by atoms with Crippen LogP contribution in [0, 0.1) is 23.3 Å². The quantitative estimate of drug-likeness (QED) is 0.0246. The van der Waals surface area contributed by atoms with Crippen molar-refractivity contribution < 1.29 is 46.1 Å². The molecule has 10 heteroatoms. The van der Waals surface area contributed by atoms with Crippen LogP contribution >= 0.6 is 0 Å². The predicted octanol–water partition coefficient (Wildman–Crippen LogP) is 16.7. The number of esters is 2. The van der Waals surface area contributed by atoms with Gasteiger partial charge in [0.05, 0.1) is 24.3 Å². The molecule has 0 saturated heterocycles. The van der Waals surface area contributed by atoms with Crippen molar-refractivity contribution in [3.63, 3.8) is 0 Å². The van der Waals surface area contributed by atoms with E-state index in [0.29, 0.717) is 59.4 Å². The zero-order valence-corrected chi connectivity index (χ0v) is 40.5. The van der Waals surface area contributed by atoms with Crippen molar-refractivity contribution in [1.29, 1.82) is 0 Å². The second-order valence-corrected chi connectivity index (χ2v) is 17.1.